The van der Waals surface area contributed by atoms with E-state index in [0.717, 1.165) is 43.1 Å². The molecule has 0 bridgehead atoms. The first kappa shape index (κ1) is 11.0. The van der Waals surface area contributed by atoms with Crippen LogP contribution in [0.3, 0.4) is 0 Å². The maximum absolute atomic E-state index is 5.59. The lowest BCUT2D eigenvalue weighted by molar-refractivity contribution is 0.317. The first-order valence-corrected chi connectivity index (χ1v) is 5.63. The van der Waals surface area contributed by atoms with Gasteiger partial charge >= 0.3 is 0 Å². The molecule has 4 nitrogen and oxygen atoms in total. The number of rotatable bonds is 3. The summed E-state index contributed by atoms with van der Waals surface area (Å²) in [6, 6.07) is 6.01. The van der Waals surface area contributed by atoms with Gasteiger partial charge in [0.15, 0.2) is 0 Å². The molecule has 0 spiro atoms. The number of ether oxygens (including phenoxy) is 1. The first-order valence-electron chi connectivity index (χ1n) is 5.63. The third-order valence-corrected chi connectivity index (χ3v) is 2.58. The quantitative estimate of drug-likeness (QED) is 0.603. The number of aliphatic imine (C=N–C) groups is 1. The van der Waals surface area contributed by atoms with Crippen LogP contribution in [-0.2, 0) is 6.42 Å². The van der Waals surface area contributed by atoms with Crippen LogP contribution in [0.15, 0.2) is 23.2 Å². The van der Waals surface area contributed by atoms with Crippen LogP contribution in [0.1, 0.15) is 25.3 Å². The Morgan fingerprint density at radius 2 is 2.31 bits per heavy atom. The van der Waals surface area contributed by atoms with E-state index in [1.54, 1.807) is 0 Å². The van der Waals surface area contributed by atoms with Crippen LogP contribution < -0.4 is 16.0 Å². The van der Waals surface area contributed by atoms with E-state index in [4.69, 9.17) is 10.6 Å². The number of benzene rings is 1. The fourth-order valence-electron chi connectivity index (χ4n) is 1.74. The molecule has 1 aliphatic rings. The number of hydrogen-bond donors (Lipinski definition) is 2. The summed E-state index contributed by atoms with van der Waals surface area (Å²) in [7, 11) is 0. The van der Waals surface area contributed by atoms with Crippen molar-refractivity contribution in [1.29, 1.82) is 0 Å². The number of nitrogens with one attached hydrogen (secondary N) is 1. The fraction of sp³-hybridized carbons (Fsp3) is 0.417. The number of aryl methyl sites for hydroxylation is 1. The van der Waals surface area contributed by atoms with Crippen LogP contribution >= 0.6 is 0 Å². The smallest absolute Gasteiger partial charge is 0.119 e. The summed E-state index contributed by atoms with van der Waals surface area (Å²) in [5, 5.41) is 0. The van der Waals surface area contributed by atoms with E-state index in [1.807, 2.05) is 12.1 Å². The third kappa shape index (κ3) is 2.33. The van der Waals surface area contributed by atoms with Gasteiger partial charge in [-0.05, 0) is 36.6 Å². The number of nitrogens with two attached hydrogens (primary N) is 1. The summed E-state index contributed by atoms with van der Waals surface area (Å²) in [5.41, 5.74) is 4.83. The maximum Gasteiger partial charge on any atom is 0.119 e. The second kappa shape index (κ2) is 4.99. The van der Waals surface area contributed by atoms with Gasteiger partial charge in [0.25, 0.3) is 0 Å². The SMILES string of the molecule is CCCOc1ccc2c(c1)CCC(NN)=N2. The molecule has 0 radical (unpaired) electrons. The second-order valence-electron chi connectivity index (χ2n) is 3.84. The van der Waals surface area contributed by atoms with Crippen molar-refractivity contribution in [3.63, 3.8) is 0 Å². The number of nitrogens with zero attached hydrogens (tertiary/aromatic N) is 1. The summed E-state index contributed by atoms with van der Waals surface area (Å²) in [4.78, 5) is 4.41. The monoisotopic (exact) mass is 219 g/mol. The van der Waals surface area contributed by atoms with Crippen molar-refractivity contribution in [3.05, 3.63) is 23.8 Å². The van der Waals surface area contributed by atoms with Gasteiger partial charge in [0.1, 0.15) is 11.6 Å². The molecule has 1 aromatic carbocycles. The number of hydrazine groups is 1. The molecule has 0 amide bonds. The summed E-state index contributed by atoms with van der Waals surface area (Å²) in [6.45, 7) is 2.86. The van der Waals surface area contributed by atoms with Gasteiger partial charge in [0.2, 0.25) is 0 Å². The number of hydrogen-bond acceptors (Lipinski definition) is 4. The summed E-state index contributed by atoms with van der Waals surface area (Å²) < 4.78 is 5.59. The standard InChI is InChI=1S/C12H17N3O/c1-2-7-16-10-4-5-11-9(8-10)3-6-12(14-11)15-13/h4-5,8H,2-3,6-7,13H2,1H3,(H,14,15). The van der Waals surface area contributed by atoms with Crippen molar-refractivity contribution in [2.24, 2.45) is 10.8 Å². The van der Waals surface area contributed by atoms with Gasteiger partial charge in [0, 0.05) is 6.42 Å². The Labute approximate surface area is 95.5 Å². The van der Waals surface area contributed by atoms with Crippen molar-refractivity contribution >= 4 is 11.5 Å². The van der Waals surface area contributed by atoms with Crippen molar-refractivity contribution in [2.75, 3.05) is 6.61 Å². The average molecular weight is 219 g/mol. The van der Waals surface area contributed by atoms with E-state index in [0.29, 0.717) is 0 Å². The summed E-state index contributed by atoms with van der Waals surface area (Å²) in [6.07, 6.45) is 2.85. The molecule has 4 heteroatoms. The minimum absolute atomic E-state index is 0.762. The Kier molecular flexibility index (Phi) is 3.41. The van der Waals surface area contributed by atoms with Gasteiger partial charge in [0.05, 0.1) is 12.3 Å². The van der Waals surface area contributed by atoms with Gasteiger partial charge in [-0.25, -0.2) is 10.8 Å². The highest BCUT2D eigenvalue weighted by Crippen LogP contribution is 2.29. The van der Waals surface area contributed by atoms with Gasteiger partial charge < -0.3 is 10.2 Å². The van der Waals surface area contributed by atoms with Gasteiger partial charge in [-0.2, -0.15) is 0 Å². The lowest BCUT2D eigenvalue weighted by Crippen LogP contribution is -2.31. The van der Waals surface area contributed by atoms with Crippen molar-refractivity contribution in [3.8, 4) is 5.75 Å². The summed E-state index contributed by atoms with van der Waals surface area (Å²) >= 11 is 0. The summed E-state index contributed by atoms with van der Waals surface area (Å²) in [5.74, 6) is 7.12. The maximum atomic E-state index is 5.59. The number of amidine groups is 1. The minimum atomic E-state index is 0.762. The fourth-order valence-corrected chi connectivity index (χ4v) is 1.74. The Balaban J connectivity index is 2.18. The van der Waals surface area contributed by atoms with Gasteiger partial charge in [-0.15, -0.1) is 0 Å². The highest BCUT2D eigenvalue weighted by atomic mass is 16.5. The lowest BCUT2D eigenvalue weighted by atomic mass is 10.0. The Bertz CT molecular complexity index is 401. The molecule has 0 atom stereocenters. The largest absolute Gasteiger partial charge is 0.494 e. The van der Waals surface area contributed by atoms with Crippen LogP contribution in [0, 0.1) is 0 Å². The van der Waals surface area contributed by atoms with Crippen molar-refractivity contribution in [2.45, 2.75) is 26.2 Å². The molecule has 2 rings (SSSR count). The minimum Gasteiger partial charge on any atom is -0.494 e. The van der Waals surface area contributed by atoms with Gasteiger partial charge in [-0.1, -0.05) is 6.92 Å². The Morgan fingerprint density at radius 3 is 3.06 bits per heavy atom. The highest BCUT2D eigenvalue weighted by molar-refractivity contribution is 5.86. The molecule has 0 saturated carbocycles. The van der Waals surface area contributed by atoms with Crippen LogP contribution in [0.25, 0.3) is 0 Å². The molecule has 1 heterocycles. The number of fused-ring (bicyclic) bond motifs is 1. The molecule has 0 aromatic heterocycles. The predicted octanol–water partition coefficient (Wildman–Crippen LogP) is 1.91. The zero-order valence-corrected chi connectivity index (χ0v) is 9.49. The molecular formula is C12H17N3O. The normalized spacial score (nSPS) is 14.0. The van der Waals surface area contributed by atoms with Crippen molar-refractivity contribution in [1.82, 2.24) is 5.43 Å². The van der Waals surface area contributed by atoms with E-state index >= 15 is 0 Å². The van der Waals surface area contributed by atoms with E-state index in [9.17, 15) is 0 Å². The topological polar surface area (TPSA) is 59.6 Å². The van der Waals surface area contributed by atoms with Crippen LogP contribution in [-0.4, -0.2) is 12.4 Å². The van der Waals surface area contributed by atoms with E-state index in [1.165, 1.54) is 5.56 Å². The van der Waals surface area contributed by atoms with Gasteiger partial charge in [-0.3, -0.25) is 0 Å². The van der Waals surface area contributed by atoms with E-state index in [2.05, 4.69) is 23.4 Å². The molecule has 1 aliphatic heterocycles. The van der Waals surface area contributed by atoms with E-state index in [-0.39, 0.29) is 0 Å². The zero-order valence-electron chi connectivity index (χ0n) is 9.49. The molecule has 1 aromatic rings. The molecule has 3 N–H and O–H groups in total. The van der Waals surface area contributed by atoms with Crippen LogP contribution in [0.2, 0.25) is 0 Å². The Hall–Kier alpha value is -1.55. The average Bonchev–Trinajstić information content (AvgIpc) is 2.35. The molecule has 0 saturated heterocycles. The second-order valence-corrected chi connectivity index (χ2v) is 3.84. The van der Waals surface area contributed by atoms with Crippen LogP contribution in [0.5, 0.6) is 5.75 Å². The Morgan fingerprint density at radius 1 is 1.44 bits per heavy atom. The zero-order chi connectivity index (χ0) is 11.4. The molecule has 0 unspecified atom stereocenters. The highest BCUT2D eigenvalue weighted by Gasteiger charge is 2.11. The first-order chi connectivity index (χ1) is 7.83. The molecular weight excluding hydrogens is 202 g/mol. The molecule has 86 valence electrons. The van der Waals surface area contributed by atoms with Crippen LogP contribution in [0.4, 0.5) is 5.69 Å². The van der Waals surface area contributed by atoms with E-state index < -0.39 is 0 Å². The predicted molar refractivity (Wildman–Crippen MR) is 65.0 cm³/mol. The lowest BCUT2D eigenvalue weighted by Gasteiger charge is -2.16. The molecule has 0 aliphatic carbocycles. The van der Waals surface area contributed by atoms with Crippen molar-refractivity contribution < 1.29 is 4.74 Å². The molecule has 16 heavy (non-hydrogen) atoms. The third-order valence-electron chi connectivity index (χ3n) is 2.58. The molecule has 0 fully saturated rings.